The number of amides is 1. The highest BCUT2D eigenvalue weighted by atomic mass is 32.2. The third-order valence-corrected chi connectivity index (χ3v) is 5.18. The number of carbonyl (C=O) groups is 1. The Balaban J connectivity index is 1.49. The molecule has 1 N–H and O–H groups in total. The molecule has 1 aromatic carbocycles. The summed E-state index contributed by atoms with van der Waals surface area (Å²) < 4.78 is 11.3. The van der Waals surface area contributed by atoms with E-state index >= 15 is 0 Å². The Labute approximate surface area is 156 Å². The van der Waals surface area contributed by atoms with Gasteiger partial charge >= 0.3 is 0 Å². The van der Waals surface area contributed by atoms with E-state index in [0.717, 1.165) is 48.9 Å². The van der Waals surface area contributed by atoms with Crippen LogP contribution in [0.3, 0.4) is 0 Å². The second-order valence-electron chi connectivity index (χ2n) is 6.43. The molecule has 0 aromatic heterocycles. The molecule has 5 heteroatoms. The molecule has 0 bridgehead atoms. The van der Waals surface area contributed by atoms with Gasteiger partial charge in [0.25, 0.3) is 0 Å². The molecule has 25 heavy (non-hydrogen) atoms. The third kappa shape index (κ3) is 8.52. The van der Waals surface area contributed by atoms with Crippen molar-refractivity contribution in [2.45, 2.75) is 57.9 Å². The number of nitrogens with one attached hydrogen (secondary N) is 1. The summed E-state index contributed by atoms with van der Waals surface area (Å²) in [5.41, 5.74) is 0. The van der Waals surface area contributed by atoms with Gasteiger partial charge in [0.15, 0.2) is 0 Å². The van der Waals surface area contributed by atoms with Crippen LogP contribution in [0.2, 0.25) is 0 Å². The Morgan fingerprint density at radius 3 is 2.32 bits per heavy atom. The zero-order chi connectivity index (χ0) is 17.7. The minimum Gasteiger partial charge on any atom is -0.494 e. The molecule has 140 valence electrons. The molecule has 0 heterocycles. The van der Waals surface area contributed by atoms with Crippen LogP contribution in [0.5, 0.6) is 11.5 Å². The van der Waals surface area contributed by atoms with Crippen LogP contribution in [0.4, 0.5) is 0 Å². The number of ether oxygens (including phenoxy) is 2. The molecule has 1 saturated carbocycles. The number of hydrogen-bond acceptors (Lipinski definition) is 4. The average Bonchev–Trinajstić information content (AvgIpc) is 2.64. The average molecular weight is 366 g/mol. The van der Waals surface area contributed by atoms with E-state index in [-0.39, 0.29) is 5.91 Å². The summed E-state index contributed by atoms with van der Waals surface area (Å²) in [7, 11) is 0. The molecule has 0 saturated heterocycles. The van der Waals surface area contributed by atoms with Crippen molar-refractivity contribution in [3.63, 3.8) is 0 Å². The summed E-state index contributed by atoms with van der Waals surface area (Å²) in [6.07, 6.45) is 7.73. The van der Waals surface area contributed by atoms with Gasteiger partial charge in [0.1, 0.15) is 11.5 Å². The Kier molecular flexibility index (Phi) is 9.63. The van der Waals surface area contributed by atoms with E-state index in [2.05, 4.69) is 12.2 Å². The second kappa shape index (κ2) is 12.1. The molecule has 0 aliphatic heterocycles. The van der Waals surface area contributed by atoms with Gasteiger partial charge < -0.3 is 14.8 Å². The summed E-state index contributed by atoms with van der Waals surface area (Å²) in [4.78, 5) is 11.9. The number of carbonyl (C=O) groups excluding carboxylic acids is 1. The van der Waals surface area contributed by atoms with Crippen LogP contribution in [-0.4, -0.2) is 36.7 Å². The van der Waals surface area contributed by atoms with Crippen molar-refractivity contribution in [1.29, 1.82) is 0 Å². The van der Waals surface area contributed by atoms with Gasteiger partial charge in [0.2, 0.25) is 5.91 Å². The van der Waals surface area contributed by atoms with Crippen LogP contribution in [0.25, 0.3) is 0 Å². The quantitative estimate of drug-likeness (QED) is 0.590. The maximum atomic E-state index is 11.9. The Hall–Kier alpha value is -1.36. The third-order valence-electron chi connectivity index (χ3n) is 4.24. The molecule has 0 unspecified atom stereocenters. The normalized spacial score (nSPS) is 14.9. The molecule has 0 atom stereocenters. The summed E-state index contributed by atoms with van der Waals surface area (Å²) in [6.45, 7) is 3.49. The summed E-state index contributed by atoms with van der Waals surface area (Å²) in [5.74, 6) is 3.69. The summed E-state index contributed by atoms with van der Waals surface area (Å²) in [5, 5.41) is 3.16. The zero-order valence-corrected chi connectivity index (χ0v) is 16.1. The molecular formula is C20H31NO3S. The Morgan fingerprint density at radius 2 is 1.68 bits per heavy atom. The maximum Gasteiger partial charge on any atom is 0.221 e. The fourth-order valence-corrected chi connectivity index (χ4v) is 3.62. The minimum absolute atomic E-state index is 0.197. The van der Waals surface area contributed by atoms with Crippen LogP contribution in [0, 0.1) is 0 Å². The van der Waals surface area contributed by atoms with E-state index in [4.69, 9.17) is 9.47 Å². The van der Waals surface area contributed by atoms with Crippen molar-refractivity contribution in [2.75, 3.05) is 24.7 Å². The molecule has 2 rings (SSSR count). The molecule has 0 radical (unpaired) electrons. The minimum atomic E-state index is 0.197. The van der Waals surface area contributed by atoms with Crippen molar-refractivity contribution in [3.05, 3.63) is 24.3 Å². The van der Waals surface area contributed by atoms with E-state index in [1.54, 1.807) is 11.8 Å². The molecule has 1 aromatic rings. The molecule has 1 amide bonds. The standard InChI is InChI=1S/C20H31NO3S/c1-2-13-23-18-8-10-19(11-9-18)24-14-16-25-15-12-20(22)21-17-6-4-3-5-7-17/h8-11,17H,2-7,12-16H2,1H3,(H,21,22). The largest absolute Gasteiger partial charge is 0.494 e. The van der Waals surface area contributed by atoms with E-state index < -0.39 is 0 Å². The van der Waals surface area contributed by atoms with Crippen LogP contribution >= 0.6 is 11.8 Å². The number of hydrogen-bond donors (Lipinski definition) is 1. The van der Waals surface area contributed by atoms with Gasteiger partial charge in [-0.25, -0.2) is 0 Å². The molecule has 4 nitrogen and oxygen atoms in total. The predicted octanol–water partition coefficient (Wildman–Crippen LogP) is 4.43. The molecule has 1 fully saturated rings. The smallest absolute Gasteiger partial charge is 0.221 e. The van der Waals surface area contributed by atoms with E-state index in [1.807, 2.05) is 24.3 Å². The van der Waals surface area contributed by atoms with Crippen molar-refractivity contribution in [1.82, 2.24) is 5.32 Å². The lowest BCUT2D eigenvalue weighted by atomic mass is 9.95. The number of benzene rings is 1. The molecule has 0 spiro atoms. The van der Waals surface area contributed by atoms with Crippen LogP contribution in [-0.2, 0) is 4.79 Å². The fourth-order valence-electron chi connectivity index (χ4n) is 2.88. The van der Waals surface area contributed by atoms with E-state index in [0.29, 0.717) is 19.1 Å². The van der Waals surface area contributed by atoms with Gasteiger partial charge in [0, 0.05) is 24.0 Å². The van der Waals surface area contributed by atoms with Gasteiger partial charge in [-0.15, -0.1) is 0 Å². The van der Waals surface area contributed by atoms with Gasteiger partial charge in [-0.05, 0) is 43.5 Å². The fraction of sp³-hybridized carbons (Fsp3) is 0.650. The van der Waals surface area contributed by atoms with Gasteiger partial charge in [-0.1, -0.05) is 26.2 Å². The van der Waals surface area contributed by atoms with Crippen molar-refractivity contribution in [3.8, 4) is 11.5 Å². The number of thioether (sulfide) groups is 1. The summed E-state index contributed by atoms with van der Waals surface area (Å²) in [6, 6.07) is 8.17. The first kappa shape index (κ1) is 20.0. The first-order valence-corrected chi connectivity index (χ1v) is 10.7. The van der Waals surface area contributed by atoms with Crippen molar-refractivity contribution in [2.24, 2.45) is 0 Å². The number of rotatable bonds is 11. The van der Waals surface area contributed by atoms with Crippen LogP contribution in [0.15, 0.2) is 24.3 Å². The van der Waals surface area contributed by atoms with Gasteiger partial charge in [-0.3, -0.25) is 4.79 Å². The van der Waals surface area contributed by atoms with E-state index in [1.165, 1.54) is 19.3 Å². The Morgan fingerprint density at radius 1 is 1.04 bits per heavy atom. The highest BCUT2D eigenvalue weighted by molar-refractivity contribution is 7.99. The topological polar surface area (TPSA) is 47.6 Å². The van der Waals surface area contributed by atoms with Crippen LogP contribution < -0.4 is 14.8 Å². The molecular weight excluding hydrogens is 334 g/mol. The highest BCUT2D eigenvalue weighted by Crippen LogP contribution is 2.19. The van der Waals surface area contributed by atoms with Crippen molar-refractivity contribution < 1.29 is 14.3 Å². The van der Waals surface area contributed by atoms with E-state index in [9.17, 15) is 4.79 Å². The van der Waals surface area contributed by atoms with Gasteiger partial charge in [0.05, 0.1) is 13.2 Å². The highest BCUT2D eigenvalue weighted by Gasteiger charge is 2.15. The lowest BCUT2D eigenvalue weighted by Crippen LogP contribution is -2.36. The monoisotopic (exact) mass is 365 g/mol. The first-order chi connectivity index (χ1) is 12.3. The molecule has 1 aliphatic rings. The maximum absolute atomic E-state index is 11.9. The first-order valence-electron chi connectivity index (χ1n) is 9.50. The van der Waals surface area contributed by atoms with Crippen molar-refractivity contribution >= 4 is 17.7 Å². The second-order valence-corrected chi connectivity index (χ2v) is 7.66. The summed E-state index contributed by atoms with van der Waals surface area (Å²) >= 11 is 1.77. The lowest BCUT2D eigenvalue weighted by Gasteiger charge is -2.22. The SMILES string of the molecule is CCCOc1ccc(OCCSCCC(=O)NC2CCCCC2)cc1. The molecule has 1 aliphatic carbocycles. The van der Waals surface area contributed by atoms with Gasteiger partial charge in [-0.2, -0.15) is 11.8 Å². The predicted molar refractivity (Wildman–Crippen MR) is 105 cm³/mol. The Bertz CT molecular complexity index is 486. The lowest BCUT2D eigenvalue weighted by molar-refractivity contribution is -0.121. The van der Waals surface area contributed by atoms with Crippen LogP contribution in [0.1, 0.15) is 51.9 Å². The zero-order valence-electron chi connectivity index (χ0n) is 15.3.